The predicted octanol–water partition coefficient (Wildman–Crippen LogP) is 4.41. The lowest BCUT2D eigenvalue weighted by Crippen LogP contribution is -1.98. The van der Waals surface area contributed by atoms with Crippen LogP contribution in [0.25, 0.3) is 0 Å². The minimum atomic E-state index is 0.743. The second-order valence-electron chi connectivity index (χ2n) is 5.24. The first kappa shape index (κ1) is 9.47. The molecule has 0 N–H and O–H groups in total. The topological polar surface area (TPSA) is 0 Å². The minimum absolute atomic E-state index is 0.743. The summed E-state index contributed by atoms with van der Waals surface area (Å²) in [6.45, 7) is 0. The van der Waals surface area contributed by atoms with Crippen molar-refractivity contribution in [1.82, 2.24) is 0 Å². The van der Waals surface area contributed by atoms with Gasteiger partial charge >= 0.3 is 0 Å². The molecule has 0 saturated carbocycles. The molecule has 0 aliphatic heterocycles. The van der Waals surface area contributed by atoms with Crippen LogP contribution in [0, 0.1) is 5.92 Å². The number of hydrogen-bond acceptors (Lipinski definition) is 0. The Kier molecular flexibility index (Phi) is 1.93. The summed E-state index contributed by atoms with van der Waals surface area (Å²) in [7, 11) is 0. The van der Waals surface area contributed by atoms with Gasteiger partial charge in [-0.25, -0.2) is 0 Å². The van der Waals surface area contributed by atoms with Gasteiger partial charge in [-0.2, -0.15) is 0 Å². The van der Waals surface area contributed by atoms with Crippen LogP contribution >= 0.6 is 0 Å². The van der Waals surface area contributed by atoms with Crippen molar-refractivity contribution in [3.8, 4) is 0 Å². The predicted molar refractivity (Wildman–Crippen MR) is 71.5 cm³/mol. The second-order valence-corrected chi connectivity index (χ2v) is 5.24. The average molecular weight is 220 g/mol. The molecule has 0 bridgehead atoms. The summed E-state index contributed by atoms with van der Waals surface area (Å²) in [5.41, 5.74) is 8.12. The molecule has 0 saturated heterocycles. The number of fused-ring (bicyclic) bond motifs is 2. The fraction of sp³-hybridized carbons (Fsp3) is 0.294. The molecule has 0 heteroatoms. The lowest BCUT2D eigenvalue weighted by Gasteiger charge is -2.13. The zero-order valence-electron chi connectivity index (χ0n) is 9.95. The maximum Gasteiger partial charge on any atom is 0.00693 e. The van der Waals surface area contributed by atoms with E-state index in [1.54, 1.807) is 27.9 Å². The van der Waals surface area contributed by atoms with Crippen LogP contribution in [0.2, 0.25) is 0 Å². The van der Waals surface area contributed by atoms with E-state index in [0.29, 0.717) is 0 Å². The van der Waals surface area contributed by atoms with Gasteiger partial charge in [-0.3, -0.25) is 0 Å². The van der Waals surface area contributed by atoms with Gasteiger partial charge in [-0.1, -0.05) is 48.1 Å². The van der Waals surface area contributed by atoms with Crippen LogP contribution < -0.4 is 0 Å². The maximum atomic E-state index is 2.35. The first-order chi connectivity index (χ1) is 8.45. The molecule has 0 aromatic rings. The Balaban J connectivity index is 1.93. The van der Waals surface area contributed by atoms with E-state index >= 15 is 0 Å². The van der Waals surface area contributed by atoms with Crippen molar-refractivity contribution in [2.45, 2.75) is 25.7 Å². The fourth-order valence-corrected chi connectivity index (χ4v) is 3.73. The van der Waals surface area contributed by atoms with Gasteiger partial charge in [0.2, 0.25) is 0 Å². The van der Waals surface area contributed by atoms with Crippen molar-refractivity contribution in [3.63, 3.8) is 0 Å². The highest BCUT2D eigenvalue weighted by atomic mass is 14.4. The van der Waals surface area contributed by atoms with Crippen LogP contribution in [0.4, 0.5) is 0 Å². The quantitative estimate of drug-likeness (QED) is 0.531. The minimum Gasteiger partial charge on any atom is -0.0841 e. The Morgan fingerprint density at radius 3 is 2.94 bits per heavy atom. The third-order valence-corrected chi connectivity index (χ3v) is 4.43. The van der Waals surface area contributed by atoms with Crippen molar-refractivity contribution < 1.29 is 0 Å². The molecule has 0 amide bonds. The number of allylic oxidation sites excluding steroid dienone is 12. The first-order valence-corrected chi connectivity index (χ1v) is 6.61. The Morgan fingerprint density at radius 1 is 1.00 bits per heavy atom. The van der Waals surface area contributed by atoms with Crippen LogP contribution in [0.3, 0.4) is 0 Å². The van der Waals surface area contributed by atoms with Gasteiger partial charge in [0.15, 0.2) is 0 Å². The van der Waals surface area contributed by atoms with Crippen LogP contribution in [0.15, 0.2) is 70.4 Å². The van der Waals surface area contributed by atoms with E-state index in [9.17, 15) is 0 Å². The van der Waals surface area contributed by atoms with E-state index in [-0.39, 0.29) is 0 Å². The fourth-order valence-electron chi connectivity index (χ4n) is 3.73. The summed E-state index contributed by atoms with van der Waals surface area (Å²) in [6.07, 6.45) is 20.8. The van der Waals surface area contributed by atoms with E-state index in [2.05, 4.69) is 42.5 Å². The highest BCUT2D eigenvalue weighted by Crippen LogP contribution is 2.53. The van der Waals surface area contributed by atoms with Crippen molar-refractivity contribution in [1.29, 1.82) is 0 Å². The Hall–Kier alpha value is -1.56. The van der Waals surface area contributed by atoms with E-state index in [1.165, 1.54) is 19.3 Å². The van der Waals surface area contributed by atoms with Crippen LogP contribution in [-0.2, 0) is 0 Å². The summed E-state index contributed by atoms with van der Waals surface area (Å²) < 4.78 is 0. The van der Waals surface area contributed by atoms with Crippen LogP contribution in [0.5, 0.6) is 0 Å². The molecular weight excluding hydrogens is 204 g/mol. The molecule has 84 valence electrons. The number of hydrogen-bond donors (Lipinski definition) is 0. The molecule has 0 aromatic carbocycles. The second kappa shape index (κ2) is 3.46. The molecule has 4 rings (SSSR count). The van der Waals surface area contributed by atoms with Crippen molar-refractivity contribution in [2.24, 2.45) is 5.92 Å². The van der Waals surface area contributed by atoms with Gasteiger partial charge in [-0.15, -0.1) is 0 Å². The zero-order valence-corrected chi connectivity index (χ0v) is 9.95. The van der Waals surface area contributed by atoms with E-state index in [1.807, 2.05) is 0 Å². The third-order valence-electron chi connectivity index (χ3n) is 4.43. The standard InChI is InChI=1S/C17H16/c1-2-6-12-10-11-16-14-8-5-4-7-13(14)15(9-3-1)17(12)16/h1-6,9,16H,7-8,10-11H2/b2-1?,3-1-,6-2-,9-3?,12-6?,15-9-. The molecule has 0 spiro atoms. The largest absolute Gasteiger partial charge is 0.0841 e. The summed E-state index contributed by atoms with van der Waals surface area (Å²) in [5.74, 6) is 0.743. The first-order valence-electron chi connectivity index (χ1n) is 6.61. The molecular formula is C17H16. The average Bonchev–Trinajstić information content (AvgIpc) is 2.84. The third kappa shape index (κ3) is 1.24. The van der Waals surface area contributed by atoms with Gasteiger partial charge in [0.25, 0.3) is 0 Å². The van der Waals surface area contributed by atoms with Crippen molar-refractivity contribution >= 4 is 0 Å². The Bertz CT molecular complexity index is 559. The Labute approximate surface area is 102 Å². The molecule has 0 nitrogen and oxygen atoms in total. The van der Waals surface area contributed by atoms with Gasteiger partial charge in [0.1, 0.15) is 0 Å². The maximum absolute atomic E-state index is 2.35. The van der Waals surface area contributed by atoms with Crippen LogP contribution in [-0.4, -0.2) is 0 Å². The molecule has 0 heterocycles. The van der Waals surface area contributed by atoms with E-state index in [0.717, 1.165) is 12.3 Å². The molecule has 4 aliphatic carbocycles. The van der Waals surface area contributed by atoms with Gasteiger partial charge in [0.05, 0.1) is 0 Å². The van der Waals surface area contributed by atoms with Gasteiger partial charge in [0, 0.05) is 5.92 Å². The van der Waals surface area contributed by atoms with Crippen LogP contribution in [0.1, 0.15) is 25.7 Å². The summed E-state index contributed by atoms with van der Waals surface area (Å²) in [6, 6.07) is 0. The molecule has 17 heavy (non-hydrogen) atoms. The smallest absolute Gasteiger partial charge is 0.00693 e. The highest BCUT2D eigenvalue weighted by Gasteiger charge is 2.38. The molecule has 1 atom stereocenters. The molecule has 1 unspecified atom stereocenters. The summed E-state index contributed by atoms with van der Waals surface area (Å²) in [5, 5.41) is 0. The zero-order chi connectivity index (χ0) is 11.2. The summed E-state index contributed by atoms with van der Waals surface area (Å²) >= 11 is 0. The van der Waals surface area contributed by atoms with E-state index < -0.39 is 0 Å². The molecule has 0 fully saturated rings. The normalized spacial score (nSPS) is 36.0. The molecule has 4 aliphatic rings. The van der Waals surface area contributed by atoms with Crippen molar-refractivity contribution in [2.75, 3.05) is 0 Å². The lowest BCUT2D eigenvalue weighted by atomic mass is 9.92. The van der Waals surface area contributed by atoms with E-state index in [4.69, 9.17) is 0 Å². The van der Waals surface area contributed by atoms with Gasteiger partial charge < -0.3 is 0 Å². The lowest BCUT2D eigenvalue weighted by molar-refractivity contribution is 0.700. The molecule has 0 aromatic heterocycles. The number of rotatable bonds is 0. The highest BCUT2D eigenvalue weighted by molar-refractivity contribution is 5.66. The van der Waals surface area contributed by atoms with Gasteiger partial charge in [-0.05, 0) is 48.0 Å². The monoisotopic (exact) mass is 220 g/mol. The Morgan fingerprint density at radius 2 is 1.94 bits per heavy atom. The van der Waals surface area contributed by atoms with Crippen molar-refractivity contribution in [3.05, 3.63) is 70.4 Å². The SMILES string of the molecule is C1=CCC2=C(C1)/C1=C/C=C\C=C/C3=C1C2CC3. The summed E-state index contributed by atoms with van der Waals surface area (Å²) in [4.78, 5) is 0. The molecule has 0 radical (unpaired) electrons.